The predicted octanol–water partition coefficient (Wildman–Crippen LogP) is 3.00. The van der Waals surface area contributed by atoms with Gasteiger partial charge in [0.15, 0.2) is 0 Å². The van der Waals surface area contributed by atoms with E-state index in [1.54, 1.807) is 0 Å². The summed E-state index contributed by atoms with van der Waals surface area (Å²) in [5.41, 5.74) is 0. The molecule has 0 spiro atoms. The van der Waals surface area contributed by atoms with Gasteiger partial charge in [-0.3, -0.25) is 0 Å². The molecule has 106 valence electrons. The van der Waals surface area contributed by atoms with Crippen molar-refractivity contribution < 1.29 is 9.47 Å². The molecule has 3 nitrogen and oxygen atoms in total. The van der Waals surface area contributed by atoms with Crippen molar-refractivity contribution in [3.05, 3.63) is 30.3 Å². The van der Waals surface area contributed by atoms with Crippen LogP contribution in [-0.2, 0) is 4.74 Å². The van der Waals surface area contributed by atoms with Gasteiger partial charge in [-0.05, 0) is 38.3 Å². The Morgan fingerprint density at radius 3 is 2.68 bits per heavy atom. The van der Waals surface area contributed by atoms with E-state index >= 15 is 0 Å². The van der Waals surface area contributed by atoms with Crippen LogP contribution < -0.4 is 10.1 Å². The van der Waals surface area contributed by atoms with E-state index in [0.717, 1.165) is 18.6 Å². The summed E-state index contributed by atoms with van der Waals surface area (Å²) in [6.45, 7) is 5.74. The number of hydrogen-bond acceptors (Lipinski definition) is 3. The minimum Gasteiger partial charge on any atom is -0.491 e. The van der Waals surface area contributed by atoms with Crippen molar-refractivity contribution in [2.24, 2.45) is 0 Å². The van der Waals surface area contributed by atoms with Gasteiger partial charge in [-0.1, -0.05) is 25.1 Å². The van der Waals surface area contributed by atoms with Crippen molar-refractivity contribution >= 4 is 0 Å². The molecular formula is C16H25NO2. The Bertz CT molecular complexity index is 355. The molecule has 3 atom stereocenters. The van der Waals surface area contributed by atoms with Gasteiger partial charge >= 0.3 is 0 Å². The number of ether oxygens (including phenoxy) is 2. The molecule has 1 saturated heterocycles. The molecule has 1 aliphatic rings. The molecule has 1 aromatic rings. The van der Waals surface area contributed by atoms with Crippen molar-refractivity contribution in [2.75, 3.05) is 13.2 Å². The van der Waals surface area contributed by atoms with E-state index in [9.17, 15) is 0 Å². The lowest BCUT2D eigenvalue weighted by Crippen LogP contribution is -2.50. The van der Waals surface area contributed by atoms with Gasteiger partial charge in [-0.15, -0.1) is 0 Å². The average molecular weight is 263 g/mol. The van der Waals surface area contributed by atoms with E-state index in [-0.39, 0.29) is 0 Å². The predicted molar refractivity (Wildman–Crippen MR) is 77.6 cm³/mol. The van der Waals surface area contributed by atoms with E-state index in [2.05, 4.69) is 19.2 Å². The molecular weight excluding hydrogens is 238 g/mol. The standard InChI is InChI=1S/C16H25NO2/c1-3-15-16(10-9-13(2)17-15)19-12-11-18-14-7-5-4-6-8-14/h4-8,13,15-17H,3,9-12H2,1-2H3. The van der Waals surface area contributed by atoms with Gasteiger partial charge in [-0.25, -0.2) is 0 Å². The van der Waals surface area contributed by atoms with Crippen molar-refractivity contribution in [2.45, 2.75) is 51.3 Å². The zero-order chi connectivity index (χ0) is 13.5. The number of benzene rings is 1. The first-order chi connectivity index (χ1) is 9.29. The van der Waals surface area contributed by atoms with Crippen molar-refractivity contribution in [1.29, 1.82) is 0 Å². The van der Waals surface area contributed by atoms with Crippen LogP contribution in [0.5, 0.6) is 5.75 Å². The van der Waals surface area contributed by atoms with E-state index in [1.807, 2.05) is 30.3 Å². The van der Waals surface area contributed by atoms with Crippen LogP contribution >= 0.6 is 0 Å². The number of para-hydroxylation sites is 1. The molecule has 1 N–H and O–H groups in total. The third kappa shape index (κ3) is 4.51. The first-order valence-corrected chi connectivity index (χ1v) is 7.35. The summed E-state index contributed by atoms with van der Waals surface area (Å²) in [5.74, 6) is 0.911. The van der Waals surface area contributed by atoms with Gasteiger partial charge in [0, 0.05) is 12.1 Å². The summed E-state index contributed by atoms with van der Waals surface area (Å²) in [6.07, 6.45) is 3.80. The molecule has 0 bridgehead atoms. The van der Waals surface area contributed by atoms with Crippen molar-refractivity contribution in [1.82, 2.24) is 5.32 Å². The molecule has 1 aromatic carbocycles. The van der Waals surface area contributed by atoms with E-state index in [4.69, 9.17) is 9.47 Å². The van der Waals surface area contributed by atoms with Crippen LogP contribution in [0.4, 0.5) is 0 Å². The average Bonchev–Trinajstić information content (AvgIpc) is 2.46. The highest BCUT2D eigenvalue weighted by Gasteiger charge is 2.27. The van der Waals surface area contributed by atoms with Crippen LogP contribution in [0.1, 0.15) is 33.1 Å². The molecule has 0 saturated carbocycles. The van der Waals surface area contributed by atoms with Gasteiger partial charge in [0.05, 0.1) is 12.7 Å². The van der Waals surface area contributed by atoms with Gasteiger partial charge in [0.2, 0.25) is 0 Å². The molecule has 2 rings (SSSR count). The summed E-state index contributed by atoms with van der Waals surface area (Å²) in [4.78, 5) is 0. The normalized spacial score (nSPS) is 27.2. The smallest absolute Gasteiger partial charge is 0.119 e. The minimum absolute atomic E-state index is 0.334. The highest BCUT2D eigenvalue weighted by Crippen LogP contribution is 2.18. The molecule has 0 aliphatic carbocycles. The molecule has 1 fully saturated rings. The number of piperidine rings is 1. The van der Waals surface area contributed by atoms with Crippen LogP contribution in [0.15, 0.2) is 30.3 Å². The molecule has 3 unspecified atom stereocenters. The molecule has 3 heteroatoms. The summed E-state index contributed by atoms with van der Waals surface area (Å²) < 4.78 is 11.6. The summed E-state index contributed by atoms with van der Waals surface area (Å²) >= 11 is 0. The van der Waals surface area contributed by atoms with Crippen LogP contribution in [0.25, 0.3) is 0 Å². The molecule has 0 amide bonds. The monoisotopic (exact) mass is 263 g/mol. The second-order valence-corrected chi connectivity index (χ2v) is 5.23. The van der Waals surface area contributed by atoms with Crippen molar-refractivity contribution in [3.8, 4) is 5.75 Å². The van der Waals surface area contributed by atoms with E-state index in [0.29, 0.717) is 31.4 Å². The zero-order valence-electron chi connectivity index (χ0n) is 12.0. The first-order valence-electron chi connectivity index (χ1n) is 7.35. The largest absolute Gasteiger partial charge is 0.491 e. The highest BCUT2D eigenvalue weighted by molar-refractivity contribution is 5.20. The molecule has 1 aliphatic heterocycles. The maximum Gasteiger partial charge on any atom is 0.119 e. The summed E-state index contributed by atoms with van der Waals surface area (Å²) in [7, 11) is 0. The second-order valence-electron chi connectivity index (χ2n) is 5.23. The zero-order valence-corrected chi connectivity index (χ0v) is 12.0. The maximum atomic E-state index is 5.97. The fourth-order valence-corrected chi connectivity index (χ4v) is 2.63. The SMILES string of the molecule is CCC1NC(C)CCC1OCCOc1ccccc1. The Morgan fingerprint density at radius 1 is 1.16 bits per heavy atom. The number of rotatable bonds is 6. The Kier molecular flexibility index (Phi) is 5.67. The quantitative estimate of drug-likeness (QED) is 0.800. The third-order valence-corrected chi connectivity index (χ3v) is 3.70. The Hall–Kier alpha value is -1.06. The summed E-state index contributed by atoms with van der Waals surface area (Å²) in [6, 6.07) is 11.0. The lowest BCUT2D eigenvalue weighted by molar-refractivity contribution is -0.0121. The Labute approximate surface area is 116 Å². The van der Waals surface area contributed by atoms with Crippen LogP contribution in [0.2, 0.25) is 0 Å². The number of hydrogen-bond donors (Lipinski definition) is 1. The van der Waals surface area contributed by atoms with E-state index < -0.39 is 0 Å². The fraction of sp³-hybridized carbons (Fsp3) is 0.625. The Morgan fingerprint density at radius 2 is 1.95 bits per heavy atom. The molecule has 1 heterocycles. The van der Waals surface area contributed by atoms with E-state index in [1.165, 1.54) is 6.42 Å². The topological polar surface area (TPSA) is 30.5 Å². The molecule has 0 radical (unpaired) electrons. The van der Waals surface area contributed by atoms with Gasteiger partial charge in [0.25, 0.3) is 0 Å². The lowest BCUT2D eigenvalue weighted by Gasteiger charge is -2.35. The van der Waals surface area contributed by atoms with Crippen LogP contribution in [-0.4, -0.2) is 31.4 Å². The maximum absolute atomic E-state index is 5.97. The van der Waals surface area contributed by atoms with Gasteiger partial charge in [-0.2, -0.15) is 0 Å². The minimum atomic E-state index is 0.334. The number of nitrogens with one attached hydrogen (secondary N) is 1. The lowest BCUT2D eigenvalue weighted by atomic mass is 9.95. The molecule has 0 aromatic heterocycles. The van der Waals surface area contributed by atoms with Gasteiger partial charge in [0.1, 0.15) is 12.4 Å². The first kappa shape index (κ1) is 14.4. The van der Waals surface area contributed by atoms with Gasteiger partial charge < -0.3 is 14.8 Å². The fourth-order valence-electron chi connectivity index (χ4n) is 2.63. The molecule has 19 heavy (non-hydrogen) atoms. The highest BCUT2D eigenvalue weighted by atomic mass is 16.5. The van der Waals surface area contributed by atoms with Crippen LogP contribution in [0.3, 0.4) is 0 Å². The second kappa shape index (κ2) is 7.51. The van der Waals surface area contributed by atoms with Crippen molar-refractivity contribution in [3.63, 3.8) is 0 Å². The summed E-state index contributed by atoms with van der Waals surface area (Å²) in [5, 5.41) is 3.61. The Balaban J connectivity index is 1.67. The third-order valence-electron chi connectivity index (χ3n) is 3.70. The van der Waals surface area contributed by atoms with Crippen LogP contribution in [0, 0.1) is 0 Å².